The van der Waals surface area contributed by atoms with Crippen LogP contribution >= 0.6 is 0 Å². The van der Waals surface area contributed by atoms with E-state index in [0.29, 0.717) is 0 Å². The van der Waals surface area contributed by atoms with Gasteiger partial charge >= 0.3 is 0 Å². The average molecular weight is 286 g/mol. The Bertz CT molecular complexity index is 683. The number of anilines is 1. The Morgan fingerprint density at radius 1 is 1.10 bits per heavy atom. The number of non-ortho nitro benzene ring substituents is 1. The van der Waals surface area contributed by atoms with Crippen molar-refractivity contribution in [3.05, 3.63) is 46.5 Å². The summed E-state index contributed by atoms with van der Waals surface area (Å²) < 4.78 is 5.54. The van der Waals surface area contributed by atoms with Gasteiger partial charge in [-0.15, -0.1) is 0 Å². The maximum atomic E-state index is 12.5. The molecule has 0 spiro atoms. The summed E-state index contributed by atoms with van der Waals surface area (Å²) in [6.45, 7) is 0. The van der Waals surface area contributed by atoms with Crippen LogP contribution in [0.25, 0.3) is 0 Å². The SMILES string of the molecule is O=C1C2C3C=CC(O3)C2C(=O)N1c1cccc([N+](=O)[O-])c1. The second-order valence-corrected chi connectivity index (χ2v) is 5.29. The van der Waals surface area contributed by atoms with Crippen molar-refractivity contribution in [2.24, 2.45) is 11.8 Å². The number of carbonyl (C=O) groups excluding carboxylic acids is 2. The third kappa shape index (κ3) is 1.52. The van der Waals surface area contributed by atoms with Crippen LogP contribution in [0.5, 0.6) is 0 Å². The normalized spacial score (nSPS) is 32.9. The second kappa shape index (κ2) is 3.98. The van der Waals surface area contributed by atoms with Gasteiger partial charge in [-0.2, -0.15) is 0 Å². The number of carbonyl (C=O) groups is 2. The van der Waals surface area contributed by atoms with Gasteiger partial charge in [-0.25, -0.2) is 4.90 Å². The zero-order chi connectivity index (χ0) is 14.7. The number of hydrogen-bond donors (Lipinski definition) is 0. The maximum absolute atomic E-state index is 12.5. The van der Waals surface area contributed by atoms with Crippen LogP contribution in [0, 0.1) is 22.0 Å². The van der Waals surface area contributed by atoms with Crippen LogP contribution < -0.4 is 4.90 Å². The fourth-order valence-electron chi connectivity index (χ4n) is 3.30. The minimum Gasteiger partial charge on any atom is -0.365 e. The van der Waals surface area contributed by atoms with E-state index in [2.05, 4.69) is 0 Å². The van der Waals surface area contributed by atoms with Gasteiger partial charge in [-0.1, -0.05) is 18.2 Å². The molecule has 1 aromatic carbocycles. The second-order valence-electron chi connectivity index (χ2n) is 5.29. The van der Waals surface area contributed by atoms with Gasteiger partial charge in [0.2, 0.25) is 11.8 Å². The molecule has 7 heteroatoms. The first-order valence-corrected chi connectivity index (χ1v) is 6.54. The van der Waals surface area contributed by atoms with Crippen molar-refractivity contribution in [2.45, 2.75) is 12.2 Å². The minimum atomic E-state index is -0.552. The van der Waals surface area contributed by atoms with E-state index < -0.39 is 16.8 Å². The predicted molar refractivity (Wildman–Crippen MR) is 70.4 cm³/mol. The molecule has 2 saturated heterocycles. The van der Waals surface area contributed by atoms with E-state index in [4.69, 9.17) is 4.74 Å². The zero-order valence-electron chi connectivity index (χ0n) is 10.7. The Morgan fingerprint density at radius 2 is 1.71 bits per heavy atom. The molecule has 3 heterocycles. The number of nitro groups is 1. The molecule has 2 amide bonds. The number of rotatable bonds is 2. The smallest absolute Gasteiger partial charge is 0.271 e. The summed E-state index contributed by atoms with van der Waals surface area (Å²) in [6.07, 6.45) is 2.88. The molecule has 3 aliphatic rings. The Balaban J connectivity index is 1.74. The first kappa shape index (κ1) is 12.2. The predicted octanol–water partition coefficient (Wildman–Crippen LogP) is 1.04. The Labute approximate surface area is 118 Å². The van der Waals surface area contributed by atoms with Gasteiger partial charge in [0.15, 0.2) is 0 Å². The Hall–Kier alpha value is -2.54. The molecule has 1 aromatic rings. The monoisotopic (exact) mass is 286 g/mol. The third-order valence-electron chi connectivity index (χ3n) is 4.21. The van der Waals surface area contributed by atoms with Crippen LogP contribution in [0.2, 0.25) is 0 Å². The lowest BCUT2D eigenvalue weighted by molar-refractivity contribution is -0.384. The highest BCUT2D eigenvalue weighted by Gasteiger charge is 2.61. The summed E-state index contributed by atoms with van der Waals surface area (Å²) in [6, 6.07) is 5.56. The molecule has 7 nitrogen and oxygen atoms in total. The number of nitro benzene ring substituents is 1. The van der Waals surface area contributed by atoms with Crippen molar-refractivity contribution in [2.75, 3.05) is 4.90 Å². The quantitative estimate of drug-likeness (QED) is 0.350. The first-order valence-electron chi connectivity index (χ1n) is 6.54. The van der Waals surface area contributed by atoms with E-state index in [9.17, 15) is 19.7 Å². The largest absolute Gasteiger partial charge is 0.365 e. The fourth-order valence-corrected chi connectivity index (χ4v) is 3.30. The topological polar surface area (TPSA) is 89.8 Å². The lowest BCUT2D eigenvalue weighted by Crippen LogP contribution is -2.34. The van der Waals surface area contributed by atoms with Gasteiger partial charge in [0.25, 0.3) is 5.69 Å². The molecule has 4 rings (SSSR count). The maximum Gasteiger partial charge on any atom is 0.271 e. The van der Waals surface area contributed by atoms with E-state index in [-0.39, 0.29) is 35.4 Å². The summed E-state index contributed by atoms with van der Waals surface area (Å²) in [4.78, 5) is 36.3. The number of benzene rings is 1. The van der Waals surface area contributed by atoms with Crippen molar-refractivity contribution in [3.63, 3.8) is 0 Å². The Morgan fingerprint density at radius 3 is 2.29 bits per heavy atom. The lowest BCUT2D eigenvalue weighted by Gasteiger charge is -2.17. The van der Waals surface area contributed by atoms with Gasteiger partial charge in [-0.05, 0) is 6.07 Å². The van der Waals surface area contributed by atoms with Gasteiger partial charge in [0.1, 0.15) is 0 Å². The molecular formula is C14H10N2O5. The van der Waals surface area contributed by atoms with E-state index in [0.717, 1.165) is 4.90 Å². The average Bonchev–Trinajstić information content (AvgIpc) is 3.13. The van der Waals surface area contributed by atoms with E-state index in [1.807, 2.05) is 0 Å². The first-order chi connectivity index (χ1) is 10.1. The number of ether oxygens (including phenoxy) is 1. The van der Waals surface area contributed by atoms with Gasteiger partial charge < -0.3 is 4.74 Å². The molecule has 4 atom stereocenters. The molecule has 21 heavy (non-hydrogen) atoms. The number of hydrogen-bond acceptors (Lipinski definition) is 5. The van der Waals surface area contributed by atoms with E-state index in [1.54, 1.807) is 12.2 Å². The van der Waals surface area contributed by atoms with Gasteiger partial charge in [-0.3, -0.25) is 19.7 Å². The van der Waals surface area contributed by atoms with E-state index in [1.165, 1.54) is 24.3 Å². The Kier molecular flexibility index (Phi) is 2.32. The van der Waals surface area contributed by atoms with Crippen molar-refractivity contribution in [1.29, 1.82) is 0 Å². The molecule has 2 fully saturated rings. The van der Waals surface area contributed by atoms with Crippen molar-refractivity contribution >= 4 is 23.2 Å². The molecule has 0 saturated carbocycles. The van der Waals surface area contributed by atoms with Crippen LogP contribution in [0.15, 0.2) is 36.4 Å². The molecule has 0 aliphatic carbocycles. The fraction of sp³-hybridized carbons (Fsp3) is 0.286. The van der Waals surface area contributed by atoms with Crippen molar-refractivity contribution in [1.82, 2.24) is 0 Å². The summed E-state index contributed by atoms with van der Waals surface area (Å²) in [5.41, 5.74) is 0.0931. The molecule has 0 N–H and O–H groups in total. The van der Waals surface area contributed by atoms with E-state index >= 15 is 0 Å². The number of nitrogens with zero attached hydrogens (tertiary/aromatic N) is 2. The molecule has 0 aromatic heterocycles. The van der Waals surface area contributed by atoms with Crippen molar-refractivity contribution < 1.29 is 19.2 Å². The molecule has 0 radical (unpaired) electrons. The van der Waals surface area contributed by atoms with Crippen LogP contribution in [0.1, 0.15) is 0 Å². The third-order valence-corrected chi connectivity index (χ3v) is 4.21. The van der Waals surface area contributed by atoms with Crippen LogP contribution in [-0.4, -0.2) is 28.9 Å². The summed E-state index contributed by atoms with van der Waals surface area (Å²) in [7, 11) is 0. The molecule has 2 bridgehead atoms. The minimum absolute atomic E-state index is 0.150. The highest BCUT2D eigenvalue weighted by molar-refractivity contribution is 6.23. The van der Waals surface area contributed by atoms with Gasteiger partial charge in [0.05, 0.1) is 34.7 Å². The lowest BCUT2D eigenvalue weighted by atomic mass is 9.85. The number of imide groups is 1. The summed E-state index contributed by atoms with van der Waals surface area (Å²) in [5.74, 6) is -1.71. The molecule has 3 aliphatic heterocycles. The van der Waals surface area contributed by atoms with Crippen LogP contribution in [0.4, 0.5) is 11.4 Å². The molecular weight excluding hydrogens is 276 g/mol. The van der Waals surface area contributed by atoms with Gasteiger partial charge in [0, 0.05) is 12.1 Å². The summed E-state index contributed by atoms with van der Waals surface area (Å²) in [5, 5.41) is 10.8. The number of fused-ring (bicyclic) bond motifs is 5. The van der Waals surface area contributed by atoms with Crippen LogP contribution in [-0.2, 0) is 14.3 Å². The highest BCUT2D eigenvalue weighted by Crippen LogP contribution is 2.46. The summed E-state index contributed by atoms with van der Waals surface area (Å²) >= 11 is 0. The van der Waals surface area contributed by atoms with Crippen LogP contribution in [0.3, 0.4) is 0 Å². The highest BCUT2D eigenvalue weighted by atomic mass is 16.6. The number of amides is 2. The zero-order valence-corrected chi connectivity index (χ0v) is 10.7. The van der Waals surface area contributed by atoms with Crippen molar-refractivity contribution in [3.8, 4) is 0 Å². The molecule has 4 unspecified atom stereocenters. The standard InChI is InChI=1S/C14H10N2O5/c17-13-11-9-4-5-10(21-9)12(11)14(18)15(13)7-2-1-3-8(6-7)16(19)20/h1-6,9-12H. The molecule has 106 valence electrons.